The average Bonchev–Trinajstić information content (AvgIpc) is 3.19. The van der Waals surface area contributed by atoms with E-state index in [1.165, 1.54) is 5.56 Å². The highest BCUT2D eigenvalue weighted by Gasteiger charge is 2.09. The molecule has 0 unspecified atom stereocenters. The zero-order valence-electron chi connectivity index (χ0n) is 16.1. The third-order valence-electron chi connectivity index (χ3n) is 4.31. The predicted molar refractivity (Wildman–Crippen MR) is 121 cm³/mol. The number of nitrogens with zero attached hydrogens (tertiary/aromatic N) is 3. The number of aromatic nitrogens is 2. The molecule has 0 bridgehead atoms. The van der Waals surface area contributed by atoms with Crippen molar-refractivity contribution in [2.75, 3.05) is 0 Å². The molecule has 0 radical (unpaired) electrons. The first-order valence-electron chi connectivity index (χ1n) is 9.39. The van der Waals surface area contributed by atoms with E-state index in [1.54, 1.807) is 6.21 Å². The summed E-state index contributed by atoms with van der Waals surface area (Å²) in [6, 6.07) is 26.0. The Bertz CT molecular complexity index is 1140. The number of aromatic amines is 1. The minimum atomic E-state index is 0.550. The second-order valence-electron chi connectivity index (χ2n) is 6.56. The van der Waals surface area contributed by atoms with Crippen molar-refractivity contribution in [1.82, 2.24) is 15.4 Å². The van der Waals surface area contributed by atoms with Gasteiger partial charge in [-0.25, -0.2) is 9.98 Å². The molecule has 0 amide bonds. The Balaban J connectivity index is 1.58. The molecule has 1 aromatic heterocycles. The third kappa shape index (κ3) is 4.84. The van der Waals surface area contributed by atoms with Crippen molar-refractivity contribution in [3.8, 4) is 0 Å². The number of H-pyrrole nitrogens is 1. The van der Waals surface area contributed by atoms with Gasteiger partial charge in [0.1, 0.15) is 0 Å². The van der Waals surface area contributed by atoms with Crippen molar-refractivity contribution >= 4 is 34.8 Å². The van der Waals surface area contributed by atoms with Crippen molar-refractivity contribution < 1.29 is 0 Å². The van der Waals surface area contributed by atoms with Crippen LogP contribution < -0.4 is 5.43 Å². The molecule has 1 heterocycles. The summed E-state index contributed by atoms with van der Waals surface area (Å²) < 4.78 is 0. The zero-order valence-corrected chi connectivity index (χ0v) is 16.1. The van der Waals surface area contributed by atoms with E-state index in [0.29, 0.717) is 11.7 Å². The lowest BCUT2D eigenvalue weighted by molar-refractivity contribution is 1.01. The van der Waals surface area contributed by atoms with E-state index in [-0.39, 0.29) is 0 Å². The normalized spacial score (nSPS) is 12.2. The topological polar surface area (TPSA) is 65.4 Å². The number of para-hydroxylation sites is 2. The number of hydrazone groups is 1. The van der Waals surface area contributed by atoms with Crippen LogP contribution in [0.15, 0.2) is 95.0 Å². The van der Waals surface area contributed by atoms with Gasteiger partial charge in [0, 0.05) is 6.21 Å². The Morgan fingerprint density at radius 2 is 1.69 bits per heavy atom. The number of aliphatic imine (C=N–C) groups is 1. The van der Waals surface area contributed by atoms with Gasteiger partial charge in [0.25, 0.3) is 0 Å². The smallest absolute Gasteiger partial charge is 0.190 e. The molecule has 0 aliphatic rings. The lowest BCUT2D eigenvalue weighted by atomic mass is 10.2. The van der Waals surface area contributed by atoms with Crippen LogP contribution in [0.4, 0.5) is 5.69 Å². The first-order valence-corrected chi connectivity index (χ1v) is 9.39. The molecule has 5 nitrogen and oxygen atoms in total. The summed E-state index contributed by atoms with van der Waals surface area (Å²) in [7, 11) is 0. The third-order valence-corrected chi connectivity index (χ3v) is 4.31. The van der Waals surface area contributed by atoms with Gasteiger partial charge in [-0.05, 0) is 42.8 Å². The van der Waals surface area contributed by atoms with E-state index >= 15 is 0 Å². The number of rotatable bonds is 5. The molecule has 29 heavy (non-hydrogen) atoms. The van der Waals surface area contributed by atoms with Gasteiger partial charge >= 0.3 is 0 Å². The Hall–Kier alpha value is -3.99. The zero-order chi connectivity index (χ0) is 19.9. The van der Waals surface area contributed by atoms with Gasteiger partial charge in [-0.1, -0.05) is 66.2 Å². The lowest BCUT2D eigenvalue weighted by Crippen LogP contribution is -2.20. The van der Waals surface area contributed by atoms with Crippen LogP contribution >= 0.6 is 0 Å². The predicted octanol–water partition coefficient (Wildman–Crippen LogP) is 5.24. The summed E-state index contributed by atoms with van der Waals surface area (Å²) >= 11 is 0. The molecule has 2 N–H and O–H groups in total. The highest BCUT2D eigenvalue weighted by atomic mass is 15.3. The average molecular weight is 379 g/mol. The minimum absolute atomic E-state index is 0.550. The first-order chi connectivity index (χ1) is 14.3. The van der Waals surface area contributed by atoms with Crippen molar-refractivity contribution in [2.24, 2.45) is 10.1 Å². The molecular formula is C24H21N5. The summed E-state index contributed by atoms with van der Waals surface area (Å²) in [5.41, 5.74) is 7.99. The van der Waals surface area contributed by atoms with Crippen LogP contribution in [0.5, 0.6) is 0 Å². The molecule has 0 aliphatic heterocycles. The van der Waals surface area contributed by atoms with E-state index in [4.69, 9.17) is 4.99 Å². The molecule has 0 aliphatic carbocycles. The minimum Gasteiger partial charge on any atom is -0.335 e. The lowest BCUT2D eigenvalue weighted by Gasteiger charge is -2.03. The van der Waals surface area contributed by atoms with E-state index in [0.717, 1.165) is 22.3 Å². The molecular weight excluding hydrogens is 358 g/mol. The van der Waals surface area contributed by atoms with Crippen molar-refractivity contribution in [2.45, 2.75) is 6.92 Å². The molecule has 3 aromatic carbocycles. The SMILES string of the molecule is Cc1ccc(N=C(N/N=C/C=C/c2ccccc2)c2nc3ccccc3[nH]2)cc1. The van der Waals surface area contributed by atoms with Crippen LogP contribution in [-0.4, -0.2) is 22.0 Å². The fourth-order valence-electron chi connectivity index (χ4n) is 2.80. The fourth-order valence-corrected chi connectivity index (χ4v) is 2.80. The number of benzene rings is 3. The fraction of sp³-hybridized carbons (Fsp3) is 0.0417. The van der Waals surface area contributed by atoms with Crippen molar-refractivity contribution in [3.05, 3.63) is 102 Å². The van der Waals surface area contributed by atoms with Crippen LogP contribution in [0.2, 0.25) is 0 Å². The maximum atomic E-state index is 4.69. The van der Waals surface area contributed by atoms with Gasteiger partial charge in [0.2, 0.25) is 0 Å². The maximum Gasteiger partial charge on any atom is 0.190 e. The molecule has 0 saturated heterocycles. The molecule has 0 saturated carbocycles. The summed E-state index contributed by atoms with van der Waals surface area (Å²) in [6.07, 6.45) is 5.56. The monoisotopic (exact) mass is 379 g/mol. The molecule has 4 rings (SSSR count). The van der Waals surface area contributed by atoms with E-state index < -0.39 is 0 Å². The van der Waals surface area contributed by atoms with Crippen LogP contribution in [0.1, 0.15) is 17.0 Å². The van der Waals surface area contributed by atoms with Crippen LogP contribution in [-0.2, 0) is 0 Å². The Kier molecular flexibility index (Phi) is 5.58. The Morgan fingerprint density at radius 3 is 2.48 bits per heavy atom. The van der Waals surface area contributed by atoms with Crippen LogP contribution in [0, 0.1) is 6.92 Å². The number of hydrogen-bond donors (Lipinski definition) is 2. The molecule has 142 valence electrons. The largest absolute Gasteiger partial charge is 0.335 e. The number of hydrogen-bond acceptors (Lipinski definition) is 3. The molecule has 0 spiro atoms. The van der Waals surface area contributed by atoms with Crippen molar-refractivity contribution in [3.63, 3.8) is 0 Å². The molecule has 0 atom stereocenters. The number of allylic oxidation sites excluding steroid dienone is 1. The van der Waals surface area contributed by atoms with Gasteiger partial charge in [-0.3, -0.25) is 5.43 Å². The molecule has 4 aromatic rings. The number of aryl methyl sites for hydroxylation is 1. The number of imidazole rings is 1. The standard InChI is InChI=1S/C24H21N5/c1-18-13-15-20(16-14-18)26-24(23-27-21-11-5-6-12-22(21)28-23)29-25-17-7-10-19-8-3-2-4-9-19/h2-17H,1H3,(H,26,29)(H,27,28)/b10-7+,25-17+. The summed E-state index contributed by atoms with van der Waals surface area (Å²) in [6.45, 7) is 2.05. The number of amidine groups is 1. The van der Waals surface area contributed by atoms with Gasteiger partial charge in [-0.2, -0.15) is 5.10 Å². The van der Waals surface area contributed by atoms with Gasteiger partial charge in [0.05, 0.1) is 16.7 Å². The Labute approximate surface area is 169 Å². The second-order valence-corrected chi connectivity index (χ2v) is 6.56. The highest BCUT2D eigenvalue weighted by Crippen LogP contribution is 2.15. The van der Waals surface area contributed by atoms with Crippen molar-refractivity contribution in [1.29, 1.82) is 0 Å². The Morgan fingerprint density at radius 1 is 0.931 bits per heavy atom. The van der Waals surface area contributed by atoms with Gasteiger partial charge in [0.15, 0.2) is 11.7 Å². The van der Waals surface area contributed by atoms with Gasteiger partial charge < -0.3 is 4.98 Å². The van der Waals surface area contributed by atoms with Crippen LogP contribution in [0.25, 0.3) is 17.1 Å². The second kappa shape index (κ2) is 8.80. The first kappa shape index (κ1) is 18.4. The summed E-state index contributed by atoms with van der Waals surface area (Å²) in [5.74, 6) is 1.19. The van der Waals surface area contributed by atoms with E-state index in [2.05, 4.69) is 27.4 Å². The number of fused-ring (bicyclic) bond motifs is 1. The number of nitrogens with one attached hydrogen (secondary N) is 2. The summed E-state index contributed by atoms with van der Waals surface area (Å²) in [5, 5.41) is 4.29. The maximum absolute atomic E-state index is 4.69. The summed E-state index contributed by atoms with van der Waals surface area (Å²) in [4.78, 5) is 12.6. The molecule has 5 heteroatoms. The van der Waals surface area contributed by atoms with Gasteiger partial charge in [-0.15, -0.1) is 0 Å². The highest BCUT2D eigenvalue weighted by molar-refractivity contribution is 6.00. The molecule has 0 fully saturated rings. The van der Waals surface area contributed by atoms with E-state index in [9.17, 15) is 0 Å². The van der Waals surface area contributed by atoms with E-state index in [1.807, 2.05) is 91.0 Å². The van der Waals surface area contributed by atoms with Crippen LogP contribution in [0.3, 0.4) is 0 Å². The quantitative estimate of drug-likeness (QED) is 0.283.